The smallest absolute Gasteiger partial charge is 0.254 e. The lowest BCUT2D eigenvalue weighted by molar-refractivity contribution is -0.116. The van der Waals surface area contributed by atoms with E-state index in [0.29, 0.717) is 0 Å². The van der Waals surface area contributed by atoms with E-state index in [-0.39, 0.29) is 12.8 Å². The van der Waals surface area contributed by atoms with E-state index in [1.165, 1.54) is 6.92 Å². The molecule has 0 spiro atoms. The fraction of sp³-hybridized carbons (Fsp3) is 0.889. The summed E-state index contributed by atoms with van der Waals surface area (Å²) in [6.07, 6.45) is 0.959. The van der Waals surface area contributed by atoms with Gasteiger partial charge in [0, 0.05) is 17.3 Å². The van der Waals surface area contributed by atoms with Crippen LogP contribution in [0, 0.1) is 10.8 Å². The van der Waals surface area contributed by atoms with Crippen molar-refractivity contribution in [3.05, 3.63) is 0 Å². The zero-order valence-electron chi connectivity index (χ0n) is 7.66. The Kier molecular flexibility index (Phi) is 1.82. The zero-order valence-corrected chi connectivity index (χ0v) is 7.66. The predicted octanol–water partition coefficient (Wildman–Crippen LogP) is 2.65. The van der Waals surface area contributed by atoms with E-state index in [1.54, 1.807) is 13.8 Å². The summed E-state index contributed by atoms with van der Waals surface area (Å²) in [5, 5.41) is 0. The van der Waals surface area contributed by atoms with Gasteiger partial charge in [-0.25, -0.2) is 8.78 Å². The third kappa shape index (κ3) is 1.50. The fourth-order valence-electron chi connectivity index (χ4n) is 1.68. The quantitative estimate of drug-likeness (QED) is 0.604. The van der Waals surface area contributed by atoms with E-state index in [0.717, 1.165) is 6.29 Å². The van der Waals surface area contributed by atoms with E-state index in [4.69, 9.17) is 0 Å². The van der Waals surface area contributed by atoms with Gasteiger partial charge in [-0.15, -0.1) is 0 Å². The molecule has 1 unspecified atom stereocenters. The molecule has 0 heterocycles. The van der Waals surface area contributed by atoms with Crippen molar-refractivity contribution in [2.75, 3.05) is 0 Å². The van der Waals surface area contributed by atoms with Crippen molar-refractivity contribution in [2.45, 2.75) is 39.5 Å². The Morgan fingerprint density at radius 1 is 1.50 bits per heavy atom. The number of alkyl halides is 2. The normalized spacial score (nSPS) is 33.1. The monoisotopic (exact) mass is 176 g/mol. The number of hydrogen-bond donors (Lipinski definition) is 0. The minimum absolute atomic E-state index is 0.0722. The van der Waals surface area contributed by atoms with Crippen molar-refractivity contribution in [3.63, 3.8) is 0 Å². The van der Waals surface area contributed by atoms with Gasteiger partial charge in [0.2, 0.25) is 0 Å². The van der Waals surface area contributed by atoms with Gasteiger partial charge >= 0.3 is 0 Å². The van der Waals surface area contributed by atoms with Crippen LogP contribution in [0.5, 0.6) is 0 Å². The van der Waals surface area contributed by atoms with Gasteiger partial charge in [-0.1, -0.05) is 20.8 Å². The van der Waals surface area contributed by atoms with Crippen molar-refractivity contribution >= 4 is 6.29 Å². The molecule has 0 saturated heterocycles. The fourth-order valence-corrected chi connectivity index (χ4v) is 1.68. The highest BCUT2D eigenvalue weighted by Gasteiger charge is 2.68. The third-order valence-electron chi connectivity index (χ3n) is 2.54. The topological polar surface area (TPSA) is 17.1 Å². The highest BCUT2D eigenvalue weighted by Crippen LogP contribution is 2.64. The van der Waals surface area contributed by atoms with Gasteiger partial charge < -0.3 is 4.79 Å². The number of rotatable bonds is 3. The molecule has 1 nitrogen and oxygen atoms in total. The van der Waals surface area contributed by atoms with Crippen molar-refractivity contribution in [1.29, 1.82) is 0 Å². The summed E-state index contributed by atoms with van der Waals surface area (Å²) in [6.45, 7) is 4.93. The molecule has 0 bridgehead atoms. The summed E-state index contributed by atoms with van der Waals surface area (Å²) in [7, 11) is 0. The van der Waals surface area contributed by atoms with E-state index < -0.39 is 16.8 Å². The number of aldehydes is 1. The molecule has 0 N–H and O–H groups in total. The van der Waals surface area contributed by atoms with Crippen LogP contribution in [-0.4, -0.2) is 12.2 Å². The molecular weight excluding hydrogens is 162 g/mol. The molecule has 1 aliphatic rings. The molecular formula is C9H14F2O. The van der Waals surface area contributed by atoms with Crippen molar-refractivity contribution in [1.82, 2.24) is 0 Å². The average Bonchev–Trinajstić information content (AvgIpc) is 2.30. The van der Waals surface area contributed by atoms with E-state index in [9.17, 15) is 13.6 Å². The Morgan fingerprint density at radius 2 is 1.92 bits per heavy atom. The highest BCUT2D eigenvalue weighted by atomic mass is 19.3. The lowest BCUT2D eigenvalue weighted by Gasteiger charge is -2.21. The summed E-state index contributed by atoms with van der Waals surface area (Å²) in [5.74, 6) is -2.55. The minimum Gasteiger partial charge on any atom is -0.303 e. The summed E-state index contributed by atoms with van der Waals surface area (Å²) in [6, 6.07) is 0. The Hall–Kier alpha value is -0.470. The first-order valence-corrected chi connectivity index (χ1v) is 4.07. The molecule has 1 rings (SSSR count). The number of hydrogen-bond acceptors (Lipinski definition) is 1. The molecule has 1 fully saturated rings. The molecule has 1 saturated carbocycles. The first-order chi connectivity index (χ1) is 5.22. The summed E-state index contributed by atoms with van der Waals surface area (Å²) < 4.78 is 25.5. The molecule has 0 radical (unpaired) electrons. The zero-order chi connectivity index (χ0) is 9.62. The van der Waals surface area contributed by atoms with Crippen molar-refractivity contribution < 1.29 is 13.6 Å². The summed E-state index contributed by atoms with van der Waals surface area (Å²) >= 11 is 0. The van der Waals surface area contributed by atoms with Gasteiger partial charge in [-0.3, -0.25) is 0 Å². The maximum Gasteiger partial charge on any atom is 0.254 e. The molecule has 0 amide bonds. The average molecular weight is 176 g/mol. The largest absolute Gasteiger partial charge is 0.303 e. The molecule has 0 aromatic heterocycles. The van der Waals surface area contributed by atoms with Gasteiger partial charge in [0.25, 0.3) is 5.92 Å². The van der Waals surface area contributed by atoms with E-state index in [2.05, 4.69) is 0 Å². The van der Waals surface area contributed by atoms with Gasteiger partial charge in [0.05, 0.1) is 0 Å². The van der Waals surface area contributed by atoms with Crippen molar-refractivity contribution in [3.8, 4) is 0 Å². The van der Waals surface area contributed by atoms with Crippen LogP contribution in [0.25, 0.3) is 0 Å². The van der Waals surface area contributed by atoms with Crippen LogP contribution in [0.2, 0.25) is 0 Å². The number of carbonyl (C=O) groups excluding carboxylic acids is 1. The second-order valence-corrected chi connectivity index (χ2v) is 4.73. The third-order valence-corrected chi connectivity index (χ3v) is 2.54. The summed E-state index contributed by atoms with van der Waals surface area (Å²) in [5.41, 5.74) is -1.55. The second-order valence-electron chi connectivity index (χ2n) is 4.73. The van der Waals surface area contributed by atoms with Crippen LogP contribution in [0.3, 0.4) is 0 Å². The van der Waals surface area contributed by atoms with Crippen LogP contribution in [-0.2, 0) is 4.79 Å². The predicted molar refractivity (Wildman–Crippen MR) is 42.1 cm³/mol. The van der Waals surface area contributed by atoms with Crippen LogP contribution in [0.15, 0.2) is 0 Å². The first-order valence-electron chi connectivity index (χ1n) is 4.07. The molecule has 0 aromatic carbocycles. The Morgan fingerprint density at radius 3 is 2.17 bits per heavy atom. The SMILES string of the molecule is CC(C)(C=O)CC1(C)CC1(F)F. The maximum atomic E-state index is 12.7. The van der Waals surface area contributed by atoms with Crippen LogP contribution in [0.1, 0.15) is 33.6 Å². The maximum absolute atomic E-state index is 12.7. The Bertz CT molecular complexity index is 211. The van der Waals surface area contributed by atoms with Crippen LogP contribution in [0.4, 0.5) is 8.78 Å². The highest BCUT2D eigenvalue weighted by molar-refractivity contribution is 5.58. The molecule has 3 heteroatoms. The molecule has 1 aliphatic carbocycles. The summed E-state index contributed by atoms with van der Waals surface area (Å²) in [4.78, 5) is 10.5. The molecule has 12 heavy (non-hydrogen) atoms. The number of halogens is 2. The number of carbonyl (C=O) groups is 1. The molecule has 70 valence electrons. The molecule has 0 aliphatic heterocycles. The van der Waals surface area contributed by atoms with E-state index in [1.807, 2.05) is 0 Å². The lowest BCUT2D eigenvalue weighted by atomic mass is 9.83. The molecule has 0 aromatic rings. The van der Waals surface area contributed by atoms with Crippen molar-refractivity contribution in [2.24, 2.45) is 10.8 Å². The van der Waals surface area contributed by atoms with E-state index >= 15 is 0 Å². The van der Waals surface area contributed by atoms with Gasteiger partial charge in [-0.2, -0.15) is 0 Å². The Labute approximate surface area is 71.1 Å². The van der Waals surface area contributed by atoms with Gasteiger partial charge in [-0.05, 0) is 6.42 Å². The Balaban J connectivity index is 2.60. The van der Waals surface area contributed by atoms with Crippen LogP contribution >= 0.6 is 0 Å². The van der Waals surface area contributed by atoms with Gasteiger partial charge in [0.15, 0.2) is 0 Å². The first kappa shape index (κ1) is 9.62. The minimum atomic E-state index is -2.55. The molecule has 1 atom stereocenters. The van der Waals surface area contributed by atoms with Crippen LogP contribution < -0.4 is 0 Å². The second kappa shape index (κ2) is 2.27. The van der Waals surface area contributed by atoms with Gasteiger partial charge in [0.1, 0.15) is 6.29 Å². The standard InChI is InChI=1S/C9H14F2O/c1-7(2,6-12)4-8(3)5-9(8,10)11/h6H,4-5H2,1-3H3. The lowest BCUT2D eigenvalue weighted by Crippen LogP contribution is -2.21.